The van der Waals surface area contributed by atoms with E-state index in [1.54, 1.807) is 11.9 Å². The lowest BCUT2D eigenvalue weighted by molar-refractivity contribution is 0.239. The minimum Gasteiger partial charge on any atom is -0.491 e. The molecule has 0 spiro atoms. The van der Waals surface area contributed by atoms with Crippen LogP contribution in [0.1, 0.15) is 0 Å². The van der Waals surface area contributed by atoms with E-state index in [-0.39, 0.29) is 6.61 Å². The first-order chi connectivity index (χ1) is 7.29. The van der Waals surface area contributed by atoms with E-state index < -0.39 is 0 Å². The van der Waals surface area contributed by atoms with Gasteiger partial charge in [0.25, 0.3) is 0 Å². The molecule has 1 aliphatic rings. The molecule has 0 unspecified atom stereocenters. The van der Waals surface area contributed by atoms with Crippen LogP contribution >= 0.6 is 11.9 Å². The summed E-state index contributed by atoms with van der Waals surface area (Å²) in [5.74, 6) is 0.870. The van der Waals surface area contributed by atoms with Crippen LogP contribution in [0.4, 0.5) is 5.69 Å². The summed E-state index contributed by atoms with van der Waals surface area (Å²) in [5.41, 5.74) is 6.45. The van der Waals surface area contributed by atoms with Crippen molar-refractivity contribution in [1.82, 2.24) is 4.31 Å². The molecule has 82 valence electrons. The second-order valence-corrected chi connectivity index (χ2v) is 4.44. The fourth-order valence-electron chi connectivity index (χ4n) is 1.43. The van der Waals surface area contributed by atoms with Crippen LogP contribution in [0.15, 0.2) is 23.1 Å². The highest BCUT2D eigenvalue weighted by atomic mass is 32.2. The van der Waals surface area contributed by atoms with E-state index in [1.807, 2.05) is 18.2 Å². The molecule has 0 bridgehead atoms. The minimum atomic E-state index is 0.157. The molecule has 2 rings (SSSR count). The third-order valence-corrected chi connectivity index (χ3v) is 3.28. The smallest absolute Gasteiger partial charge is 0.134 e. The summed E-state index contributed by atoms with van der Waals surface area (Å²) >= 11 is 1.58. The molecule has 0 saturated heterocycles. The topological polar surface area (TPSA) is 58.7 Å². The van der Waals surface area contributed by atoms with Gasteiger partial charge in [-0.3, -0.25) is 0 Å². The van der Waals surface area contributed by atoms with Crippen molar-refractivity contribution < 1.29 is 9.84 Å². The van der Waals surface area contributed by atoms with Gasteiger partial charge in [-0.25, -0.2) is 4.31 Å². The second-order valence-electron chi connectivity index (χ2n) is 3.30. The van der Waals surface area contributed by atoms with Gasteiger partial charge in [-0.05, 0) is 30.1 Å². The van der Waals surface area contributed by atoms with Crippen molar-refractivity contribution in [3.63, 3.8) is 0 Å². The first kappa shape index (κ1) is 10.6. The molecule has 1 heterocycles. The van der Waals surface area contributed by atoms with Crippen molar-refractivity contribution >= 4 is 17.6 Å². The Morgan fingerprint density at radius 2 is 2.40 bits per heavy atom. The molecule has 0 amide bonds. The van der Waals surface area contributed by atoms with Crippen LogP contribution in [0.3, 0.4) is 0 Å². The number of ether oxygens (including phenoxy) is 1. The van der Waals surface area contributed by atoms with Crippen molar-refractivity contribution in [3.8, 4) is 5.75 Å². The van der Waals surface area contributed by atoms with Gasteiger partial charge >= 0.3 is 0 Å². The van der Waals surface area contributed by atoms with E-state index in [2.05, 4.69) is 4.31 Å². The highest BCUT2D eigenvalue weighted by Crippen LogP contribution is 2.35. The molecule has 1 aromatic rings. The summed E-state index contributed by atoms with van der Waals surface area (Å²) in [4.78, 5) is 1.01. The van der Waals surface area contributed by atoms with Gasteiger partial charge in [0.1, 0.15) is 12.4 Å². The second kappa shape index (κ2) is 4.74. The molecule has 0 radical (unpaired) electrons. The number of hydrogen-bond donors (Lipinski definition) is 2. The van der Waals surface area contributed by atoms with Crippen LogP contribution in [0.5, 0.6) is 5.75 Å². The first-order valence-corrected chi connectivity index (χ1v) is 5.63. The Labute approximate surface area is 93.2 Å². The first-order valence-electron chi connectivity index (χ1n) is 4.85. The van der Waals surface area contributed by atoms with E-state index >= 15 is 0 Å². The van der Waals surface area contributed by atoms with Crippen molar-refractivity contribution in [1.29, 1.82) is 0 Å². The molecule has 3 N–H and O–H groups in total. The van der Waals surface area contributed by atoms with Gasteiger partial charge in [-0.1, -0.05) is 0 Å². The lowest BCUT2D eigenvalue weighted by Crippen LogP contribution is -2.23. The third kappa shape index (κ3) is 2.56. The zero-order valence-electron chi connectivity index (χ0n) is 8.35. The van der Waals surface area contributed by atoms with E-state index in [1.165, 1.54) is 0 Å². The largest absolute Gasteiger partial charge is 0.491 e. The maximum absolute atomic E-state index is 8.89. The van der Waals surface area contributed by atoms with E-state index in [9.17, 15) is 0 Å². The molecule has 15 heavy (non-hydrogen) atoms. The van der Waals surface area contributed by atoms with Crippen molar-refractivity contribution in [2.45, 2.75) is 4.90 Å². The molecule has 1 aromatic carbocycles. The average Bonchev–Trinajstić information content (AvgIpc) is 2.39. The highest BCUT2D eigenvalue weighted by Gasteiger charge is 2.15. The van der Waals surface area contributed by atoms with Gasteiger partial charge in [0.2, 0.25) is 0 Å². The van der Waals surface area contributed by atoms with Crippen LogP contribution in [-0.2, 0) is 0 Å². The Bertz CT molecular complexity index is 346. The normalized spacial score (nSPS) is 16.6. The molecule has 1 aliphatic heterocycles. The van der Waals surface area contributed by atoms with Gasteiger partial charge in [-0.15, -0.1) is 0 Å². The number of nitrogens with two attached hydrogens (primary N) is 1. The predicted octanol–water partition coefficient (Wildman–Crippen LogP) is 0.963. The monoisotopic (exact) mass is 226 g/mol. The number of anilines is 1. The van der Waals surface area contributed by atoms with E-state index in [0.29, 0.717) is 13.2 Å². The quantitative estimate of drug-likeness (QED) is 0.581. The van der Waals surface area contributed by atoms with Gasteiger partial charge < -0.3 is 15.6 Å². The molecular formula is C10H14N2O2S. The zero-order valence-corrected chi connectivity index (χ0v) is 9.17. The van der Waals surface area contributed by atoms with Crippen molar-refractivity contribution in [2.75, 3.05) is 32.0 Å². The lowest BCUT2D eigenvalue weighted by atomic mass is 10.3. The zero-order chi connectivity index (χ0) is 10.7. The van der Waals surface area contributed by atoms with Crippen LogP contribution in [0.25, 0.3) is 0 Å². The fraction of sp³-hybridized carbons (Fsp3) is 0.400. The van der Waals surface area contributed by atoms with Gasteiger partial charge in [-0.2, -0.15) is 0 Å². The Hall–Kier alpha value is -0.910. The SMILES string of the molecule is Nc1ccc2c(c1)SN(CCO)CCO2. The number of nitrogens with zero attached hydrogens (tertiary/aromatic N) is 1. The van der Waals surface area contributed by atoms with E-state index in [4.69, 9.17) is 15.6 Å². The molecule has 0 saturated carbocycles. The molecule has 0 fully saturated rings. The van der Waals surface area contributed by atoms with Crippen LogP contribution < -0.4 is 10.5 Å². The third-order valence-electron chi connectivity index (χ3n) is 2.14. The summed E-state index contributed by atoms with van der Waals surface area (Å²) in [6.45, 7) is 2.25. The highest BCUT2D eigenvalue weighted by molar-refractivity contribution is 7.97. The number of aliphatic hydroxyl groups excluding tert-OH is 1. The maximum Gasteiger partial charge on any atom is 0.134 e. The van der Waals surface area contributed by atoms with Crippen LogP contribution in [0, 0.1) is 0 Å². The van der Waals surface area contributed by atoms with Gasteiger partial charge in [0.15, 0.2) is 0 Å². The number of β-amino-alcohol motifs (C(OH)–C–C–N with tert-alkyl or cyclic N) is 1. The Kier molecular flexibility index (Phi) is 3.35. The summed E-state index contributed by atoms with van der Waals surface area (Å²) in [6, 6.07) is 5.62. The Morgan fingerprint density at radius 3 is 3.20 bits per heavy atom. The number of hydrogen-bond acceptors (Lipinski definition) is 5. The number of benzene rings is 1. The number of aliphatic hydroxyl groups is 1. The molecule has 0 atom stereocenters. The molecule has 5 heteroatoms. The van der Waals surface area contributed by atoms with Gasteiger partial charge in [0, 0.05) is 18.8 Å². The van der Waals surface area contributed by atoms with Crippen molar-refractivity contribution in [2.24, 2.45) is 0 Å². The summed E-state index contributed by atoms with van der Waals surface area (Å²) in [7, 11) is 0. The van der Waals surface area contributed by atoms with Crippen LogP contribution in [-0.4, -0.2) is 35.7 Å². The number of nitrogen functional groups attached to an aromatic ring is 1. The summed E-state index contributed by atoms with van der Waals surface area (Å²) in [5, 5.41) is 8.89. The lowest BCUT2D eigenvalue weighted by Gasteiger charge is -2.15. The van der Waals surface area contributed by atoms with Crippen molar-refractivity contribution in [3.05, 3.63) is 18.2 Å². The van der Waals surface area contributed by atoms with Crippen LogP contribution in [0.2, 0.25) is 0 Å². The fourth-order valence-corrected chi connectivity index (χ4v) is 2.45. The number of fused-ring (bicyclic) bond motifs is 1. The average molecular weight is 226 g/mol. The van der Waals surface area contributed by atoms with Gasteiger partial charge in [0.05, 0.1) is 11.5 Å². The standard InChI is InChI=1S/C10H14N2O2S/c11-8-1-2-9-10(7-8)15-12(3-5-13)4-6-14-9/h1-2,7,13H,3-6,11H2. The van der Waals surface area contributed by atoms with E-state index in [0.717, 1.165) is 22.9 Å². The molecule has 0 aromatic heterocycles. The summed E-state index contributed by atoms with van der Waals surface area (Å²) < 4.78 is 7.65. The Morgan fingerprint density at radius 1 is 1.53 bits per heavy atom. The molecule has 4 nitrogen and oxygen atoms in total. The Balaban J connectivity index is 2.19. The minimum absolute atomic E-state index is 0.157. The maximum atomic E-state index is 8.89. The molecule has 0 aliphatic carbocycles. The molecular weight excluding hydrogens is 212 g/mol. The predicted molar refractivity (Wildman–Crippen MR) is 60.9 cm³/mol. The summed E-state index contributed by atoms with van der Waals surface area (Å²) in [6.07, 6.45) is 0. The number of rotatable bonds is 2.